The Bertz CT molecular complexity index is 4050. The summed E-state index contributed by atoms with van der Waals surface area (Å²) in [4.78, 5) is 24.5. The predicted octanol–water partition coefficient (Wildman–Crippen LogP) is 25.8. The molecule has 0 aliphatic carbocycles. The zero-order chi connectivity index (χ0) is 67.0. The van der Waals surface area contributed by atoms with Gasteiger partial charge in [0.2, 0.25) is 0 Å². The number of benzene rings is 6. The van der Waals surface area contributed by atoms with Crippen LogP contribution in [-0.2, 0) is 11.8 Å². The van der Waals surface area contributed by atoms with E-state index in [-0.39, 0.29) is 10.1 Å². The van der Waals surface area contributed by atoms with Crippen molar-refractivity contribution >= 4 is 164 Å². The number of aromatic nitrogens is 6. The van der Waals surface area contributed by atoms with Crippen LogP contribution in [0.2, 0.25) is 15.1 Å². The van der Waals surface area contributed by atoms with Gasteiger partial charge in [0.05, 0.1) is 121 Å². The van der Waals surface area contributed by atoms with Crippen molar-refractivity contribution < 1.29 is 17.6 Å². The van der Waals surface area contributed by atoms with Gasteiger partial charge < -0.3 is 0 Å². The number of fused-ring (bicyclic) bond motifs is 6. The van der Waals surface area contributed by atoms with Crippen molar-refractivity contribution in [2.75, 3.05) is 0 Å². The highest BCUT2D eigenvalue weighted by molar-refractivity contribution is 7.18. The summed E-state index contributed by atoms with van der Waals surface area (Å²) >= 11 is 26.9. The third-order valence-corrected chi connectivity index (χ3v) is 17.6. The van der Waals surface area contributed by atoms with E-state index in [1.165, 1.54) is 28.0 Å². The molecule has 0 aliphatic heterocycles. The lowest BCUT2D eigenvalue weighted by Gasteiger charge is -2.19. The first-order chi connectivity index (χ1) is 42.2. The zero-order valence-corrected chi connectivity index (χ0v) is 60.9. The van der Waals surface area contributed by atoms with Crippen LogP contribution in [0.25, 0.3) is 61.3 Å². The molecule has 6 heterocycles. The molecule has 0 radical (unpaired) electrons. The van der Waals surface area contributed by atoms with Crippen molar-refractivity contribution in [3.05, 3.63) is 171 Å². The summed E-state index contributed by atoms with van der Waals surface area (Å²) in [5.74, 6) is -5.96. The number of hydrogen-bond acceptors (Lipinski definition) is 14. The molecule has 472 valence electrons. The van der Waals surface area contributed by atoms with Crippen LogP contribution < -0.4 is 0 Å². The molecule has 0 spiro atoms. The monoisotopic (exact) mass is 1370 g/mol. The fourth-order valence-electron chi connectivity index (χ4n) is 7.10. The van der Waals surface area contributed by atoms with Gasteiger partial charge in [-0.25, -0.2) is 47.5 Å². The molecule has 0 bridgehead atoms. The van der Waals surface area contributed by atoms with E-state index in [0.717, 1.165) is 112 Å². The SMILES string of the molecule is CC.CC.CC.CC.CC.CC.CC(C)(C)c1cc(Cl)c2scnc2c1.CC(C)c1cc(Cl)c2scnc2c1.CCc1cc(Cl)c2scnc2c1.Cc1cc(C#N)c2scnc2c1.Cc1cc2ncsc2cc1C#N.Fc1c(F)c(F)c2scnc2c1F. The third kappa shape index (κ3) is 22.3. The molecule has 0 amide bonds. The summed E-state index contributed by atoms with van der Waals surface area (Å²) in [6.45, 7) is 40.9. The summed E-state index contributed by atoms with van der Waals surface area (Å²) < 4.78 is 55.9. The average Bonchev–Trinajstić information content (AvgIpc) is 4.16. The molecule has 0 fully saturated rings. The van der Waals surface area contributed by atoms with Crippen molar-refractivity contribution in [3.63, 3.8) is 0 Å². The first-order valence-corrected chi connectivity index (χ1v) is 35.2. The van der Waals surface area contributed by atoms with Crippen LogP contribution in [0.5, 0.6) is 0 Å². The van der Waals surface area contributed by atoms with Gasteiger partial charge in [0.1, 0.15) is 11.6 Å². The minimum atomic E-state index is -1.82. The van der Waals surface area contributed by atoms with Gasteiger partial charge in [-0.1, -0.05) is 159 Å². The number of hydrogen-bond donors (Lipinski definition) is 0. The van der Waals surface area contributed by atoms with E-state index < -0.39 is 28.8 Å². The molecule has 0 atom stereocenters. The number of rotatable bonds is 2. The van der Waals surface area contributed by atoms with E-state index >= 15 is 0 Å². The molecule has 0 saturated heterocycles. The quantitative estimate of drug-likeness (QED) is 0.0952. The molecule has 0 aliphatic rings. The Balaban J connectivity index is 0.000000510. The Labute approximate surface area is 557 Å². The summed E-state index contributed by atoms with van der Waals surface area (Å²) in [5, 5.41) is 20.0. The van der Waals surface area contributed by atoms with E-state index in [1.54, 1.807) is 56.4 Å². The molecule has 0 N–H and O–H groups in total. The van der Waals surface area contributed by atoms with Crippen molar-refractivity contribution in [3.8, 4) is 12.1 Å². The van der Waals surface area contributed by atoms with Gasteiger partial charge in [0.25, 0.3) is 0 Å². The van der Waals surface area contributed by atoms with Gasteiger partial charge in [-0.2, -0.15) is 10.5 Å². The fraction of sp³-hybridized carbons (Fsp3) is 0.343. The summed E-state index contributed by atoms with van der Waals surface area (Å²) in [6, 6.07) is 24.5. The predicted molar refractivity (Wildman–Crippen MR) is 382 cm³/mol. The van der Waals surface area contributed by atoms with Crippen LogP contribution in [0.15, 0.2) is 93.7 Å². The lowest BCUT2D eigenvalue weighted by atomic mass is 9.87. The Morgan fingerprint density at radius 3 is 1.38 bits per heavy atom. The number of thiazole rings is 6. The Hall–Kier alpha value is -5.77. The van der Waals surface area contributed by atoms with E-state index in [1.807, 2.05) is 156 Å². The molecule has 12 aromatic rings. The maximum atomic E-state index is 12.9. The van der Waals surface area contributed by atoms with Gasteiger partial charge in [0.15, 0.2) is 23.3 Å². The molecule has 6 aromatic heterocycles. The number of halogens is 7. The lowest BCUT2D eigenvalue weighted by molar-refractivity contribution is 0.418. The number of aryl methyl sites for hydroxylation is 3. The fourth-order valence-corrected chi connectivity index (χ4v) is 12.3. The molecule has 0 saturated carbocycles. The second kappa shape index (κ2) is 41.5. The second-order valence-electron chi connectivity index (χ2n) is 17.9. The maximum absolute atomic E-state index is 12.9. The Morgan fingerprint density at radius 1 is 0.455 bits per heavy atom. The van der Waals surface area contributed by atoms with Crippen molar-refractivity contribution in [2.45, 2.75) is 156 Å². The van der Waals surface area contributed by atoms with Gasteiger partial charge in [0, 0.05) is 0 Å². The topological polar surface area (TPSA) is 125 Å². The lowest BCUT2D eigenvalue weighted by Crippen LogP contribution is -2.10. The normalized spacial score (nSPS) is 9.89. The average molecular weight is 1370 g/mol. The van der Waals surface area contributed by atoms with Gasteiger partial charge in [-0.05, 0) is 120 Å². The summed E-state index contributed by atoms with van der Waals surface area (Å²) in [6.07, 6.45) is 1.01. The first-order valence-electron chi connectivity index (χ1n) is 28.8. The zero-order valence-electron chi connectivity index (χ0n) is 53.7. The molecule has 88 heavy (non-hydrogen) atoms. The van der Waals surface area contributed by atoms with Crippen LogP contribution in [0.4, 0.5) is 17.6 Å². The molecule has 8 nitrogen and oxygen atoms in total. The first kappa shape index (κ1) is 80.2. The van der Waals surface area contributed by atoms with Crippen LogP contribution in [0.3, 0.4) is 0 Å². The molecular formula is C67H79Cl3F4N8S6. The van der Waals surface area contributed by atoms with Gasteiger partial charge in [-0.15, -0.1) is 68.0 Å². The highest BCUT2D eigenvalue weighted by Crippen LogP contribution is 2.35. The van der Waals surface area contributed by atoms with E-state index in [0.29, 0.717) is 5.92 Å². The maximum Gasteiger partial charge on any atom is 0.199 e. The van der Waals surface area contributed by atoms with Crippen molar-refractivity contribution in [2.24, 2.45) is 0 Å². The van der Waals surface area contributed by atoms with Crippen LogP contribution in [-0.4, -0.2) is 29.9 Å². The molecule has 6 aromatic carbocycles. The molecule has 0 unspecified atom stereocenters. The summed E-state index contributed by atoms with van der Waals surface area (Å²) in [5.41, 5.74) is 22.1. The molecular weight excluding hydrogens is 1290 g/mol. The van der Waals surface area contributed by atoms with Gasteiger partial charge in [-0.3, -0.25) is 0 Å². The Kier molecular flexibility index (Phi) is 37.9. The van der Waals surface area contributed by atoms with Crippen molar-refractivity contribution in [1.29, 1.82) is 10.5 Å². The van der Waals surface area contributed by atoms with Crippen LogP contribution in [0.1, 0.15) is 169 Å². The highest BCUT2D eigenvalue weighted by Gasteiger charge is 2.22. The van der Waals surface area contributed by atoms with E-state index in [9.17, 15) is 17.6 Å². The standard InChI is InChI=1S/C11H12ClNS.C10H10ClNS.C9H8ClNS.2C9H6N2S.C7HF4NS.6C2H6/c1-11(2,3)7-4-8(12)10-9(5-7)13-6-14-10;1-6(2)7-3-8(11)10-9(4-7)12-5-13-10;1-2-6-3-7(10)9-8(4-6)11-5-12-9;1-6-2-8-9(12-5-11-8)3-7(6)4-10;1-6-2-7(4-10)9-8(3-6)11-5-12-9;8-2-3(9)5(11)7-6(4(2)10)12-1-13-7;6*1-2/h4-6H,1-3H3;3-6H,1-2H3;3-5H,2H2,1H3;2*2-3,5H,1H3;1H;6*1-2H3. The minimum Gasteiger partial charge on any atom is -0.245 e. The minimum absolute atomic E-state index is 0.126. The number of nitrogens with zero attached hydrogens (tertiary/aromatic N) is 8. The largest absolute Gasteiger partial charge is 0.245 e. The molecule has 21 heteroatoms. The molecule has 12 rings (SSSR count). The van der Waals surface area contributed by atoms with E-state index in [2.05, 4.69) is 102 Å². The summed E-state index contributed by atoms with van der Waals surface area (Å²) in [7, 11) is 0. The number of nitriles is 2. The van der Waals surface area contributed by atoms with Gasteiger partial charge >= 0.3 is 0 Å². The van der Waals surface area contributed by atoms with Crippen LogP contribution in [0, 0.1) is 59.8 Å². The van der Waals surface area contributed by atoms with Crippen molar-refractivity contribution in [1.82, 2.24) is 29.9 Å². The third-order valence-electron chi connectivity index (χ3n) is 11.2. The Morgan fingerprint density at radius 2 is 0.875 bits per heavy atom. The highest BCUT2D eigenvalue weighted by atomic mass is 35.5. The second-order valence-corrected chi connectivity index (χ2v) is 24.3. The smallest absolute Gasteiger partial charge is 0.199 e. The van der Waals surface area contributed by atoms with Crippen LogP contribution >= 0.6 is 103 Å². The van der Waals surface area contributed by atoms with E-state index in [4.69, 9.17) is 45.3 Å².